The summed E-state index contributed by atoms with van der Waals surface area (Å²) in [5, 5.41) is 9.41. The van der Waals surface area contributed by atoms with Crippen molar-refractivity contribution in [2.24, 2.45) is 0 Å². The molecule has 1 rings (SSSR count). The van der Waals surface area contributed by atoms with E-state index in [4.69, 9.17) is 5.11 Å². The third-order valence-corrected chi connectivity index (χ3v) is 4.29. The Morgan fingerprint density at radius 2 is 2.27 bits per heavy atom. The lowest BCUT2D eigenvalue weighted by Gasteiger charge is -2.23. The van der Waals surface area contributed by atoms with Crippen LogP contribution in [0.1, 0.15) is 32.6 Å². The minimum Gasteiger partial charge on any atom is -0.481 e. The Morgan fingerprint density at radius 1 is 1.53 bits per heavy atom. The van der Waals surface area contributed by atoms with E-state index in [0.717, 1.165) is 5.25 Å². The largest absolute Gasteiger partial charge is 0.481 e. The van der Waals surface area contributed by atoms with Crippen molar-refractivity contribution in [3.05, 3.63) is 0 Å². The van der Waals surface area contributed by atoms with Gasteiger partial charge in [0.1, 0.15) is 0 Å². The first-order valence-corrected chi connectivity index (χ1v) is 6.72. The molecule has 4 heteroatoms. The zero-order valence-electron chi connectivity index (χ0n) is 9.61. The standard InChI is InChI=1S/C11H21NO2S/c1-3-15-10-5-4-9(8-10)12(2)7-6-11(13)14/h9-10H,3-8H2,1-2H3,(H,13,14). The fourth-order valence-electron chi connectivity index (χ4n) is 2.16. The Morgan fingerprint density at radius 3 is 2.87 bits per heavy atom. The minimum absolute atomic E-state index is 0.262. The van der Waals surface area contributed by atoms with Crippen LogP contribution in [0, 0.1) is 0 Å². The van der Waals surface area contributed by atoms with Crippen LogP contribution >= 0.6 is 11.8 Å². The summed E-state index contributed by atoms with van der Waals surface area (Å²) in [6.45, 7) is 2.88. The lowest BCUT2D eigenvalue weighted by Crippen LogP contribution is -2.31. The molecule has 0 bridgehead atoms. The number of hydrogen-bond donors (Lipinski definition) is 1. The number of hydrogen-bond acceptors (Lipinski definition) is 3. The second-order valence-corrected chi connectivity index (χ2v) is 5.75. The quantitative estimate of drug-likeness (QED) is 0.759. The van der Waals surface area contributed by atoms with Gasteiger partial charge in [0.25, 0.3) is 0 Å². The molecule has 3 nitrogen and oxygen atoms in total. The maximum atomic E-state index is 10.5. The van der Waals surface area contributed by atoms with Gasteiger partial charge in [-0.05, 0) is 32.1 Å². The molecule has 0 radical (unpaired) electrons. The predicted octanol–water partition coefficient (Wildman–Crippen LogP) is 2.07. The molecular weight excluding hydrogens is 210 g/mol. The van der Waals surface area contributed by atoms with E-state index in [0.29, 0.717) is 12.6 Å². The van der Waals surface area contributed by atoms with Crippen LogP contribution in [-0.4, -0.2) is 46.6 Å². The number of carboxylic acid groups (broad SMARTS) is 1. The van der Waals surface area contributed by atoms with E-state index in [1.54, 1.807) is 0 Å². The van der Waals surface area contributed by atoms with Crippen molar-refractivity contribution in [1.82, 2.24) is 4.90 Å². The van der Waals surface area contributed by atoms with Crippen LogP contribution in [-0.2, 0) is 4.79 Å². The average Bonchev–Trinajstić information content (AvgIpc) is 2.63. The van der Waals surface area contributed by atoms with Gasteiger partial charge in [-0.25, -0.2) is 0 Å². The highest BCUT2D eigenvalue weighted by Crippen LogP contribution is 2.32. The van der Waals surface area contributed by atoms with Crippen LogP contribution in [0.3, 0.4) is 0 Å². The zero-order chi connectivity index (χ0) is 11.3. The van der Waals surface area contributed by atoms with E-state index in [9.17, 15) is 4.79 Å². The molecule has 0 amide bonds. The second kappa shape index (κ2) is 6.38. The molecule has 1 aliphatic carbocycles. The van der Waals surface area contributed by atoms with E-state index in [2.05, 4.69) is 11.8 Å². The SMILES string of the molecule is CCSC1CCC(N(C)CCC(=O)O)C1. The molecular formula is C11H21NO2S. The van der Waals surface area contributed by atoms with E-state index in [-0.39, 0.29) is 6.42 Å². The Kier molecular flexibility index (Phi) is 5.47. The maximum absolute atomic E-state index is 10.5. The molecule has 0 aromatic carbocycles. The fourth-order valence-corrected chi connectivity index (χ4v) is 3.29. The minimum atomic E-state index is -0.695. The van der Waals surface area contributed by atoms with E-state index < -0.39 is 5.97 Å². The van der Waals surface area contributed by atoms with Gasteiger partial charge in [0.05, 0.1) is 6.42 Å². The molecule has 2 unspecified atom stereocenters. The smallest absolute Gasteiger partial charge is 0.304 e. The third kappa shape index (κ3) is 4.43. The molecule has 1 N–H and O–H groups in total. The van der Waals surface area contributed by atoms with Crippen LogP contribution in [0.25, 0.3) is 0 Å². The molecule has 1 fully saturated rings. The van der Waals surface area contributed by atoms with Gasteiger partial charge in [0.2, 0.25) is 0 Å². The highest BCUT2D eigenvalue weighted by Gasteiger charge is 2.27. The van der Waals surface area contributed by atoms with Crippen molar-refractivity contribution in [1.29, 1.82) is 0 Å². The molecule has 0 saturated heterocycles. The Balaban J connectivity index is 2.23. The number of carbonyl (C=O) groups is 1. The first kappa shape index (κ1) is 12.8. The van der Waals surface area contributed by atoms with E-state index >= 15 is 0 Å². The topological polar surface area (TPSA) is 40.5 Å². The Bertz CT molecular complexity index is 211. The van der Waals surface area contributed by atoms with Crippen LogP contribution in [0.2, 0.25) is 0 Å². The Labute approximate surface area is 96.2 Å². The summed E-state index contributed by atoms with van der Waals surface area (Å²) < 4.78 is 0. The number of thioether (sulfide) groups is 1. The third-order valence-electron chi connectivity index (χ3n) is 3.06. The summed E-state index contributed by atoms with van der Waals surface area (Å²) in [6.07, 6.45) is 4.02. The van der Waals surface area contributed by atoms with Gasteiger partial charge in [-0.3, -0.25) is 4.79 Å². The molecule has 0 aromatic heterocycles. The second-order valence-electron chi connectivity index (χ2n) is 4.17. The van der Waals surface area contributed by atoms with Crippen molar-refractivity contribution in [3.8, 4) is 0 Å². The highest BCUT2D eigenvalue weighted by atomic mass is 32.2. The van der Waals surface area contributed by atoms with Crippen molar-refractivity contribution >= 4 is 17.7 Å². The lowest BCUT2D eigenvalue weighted by molar-refractivity contribution is -0.137. The number of rotatable bonds is 6. The van der Waals surface area contributed by atoms with Gasteiger partial charge in [0, 0.05) is 17.8 Å². The summed E-state index contributed by atoms with van der Waals surface area (Å²) in [4.78, 5) is 12.7. The first-order valence-electron chi connectivity index (χ1n) is 5.67. The molecule has 2 atom stereocenters. The van der Waals surface area contributed by atoms with Gasteiger partial charge < -0.3 is 10.0 Å². The van der Waals surface area contributed by atoms with Gasteiger partial charge in [-0.2, -0.15) is 11.8 Å². The summed E-state index contributed by atoms with van der Waals surface area (Å²) >= 11 is 2.04. The lowest BCUT2D eigenvalue weighted by atomic mass is 10.2. The van der Waals surface area contributed by atoms with Crippen molar-refractivity contribution in [2.75, 3.05) is 19.3 Å². The summed E-state index contributed by atoms with van der Waals surface area (Å²) in [7, 11) is 2.05. The fraction of sp³-hybridized carbons (Fsp3) is 0.909. The predicted molar refractivity (Wildman–Crippen MR) is 64.4 cm³/mol. The summed E-state index contributed by atoms with van der Waals surface area (Å²) in [5.74, 6) is 0.496. The molecule has 0 aromatic rings. The first-order chi connectivity index (χ1) is 7.13. The van der Waals surface area contributed by atoms with Crippen LogP contribution in [0.5, 0.6) is 0 Å². The zero-order valence-corrected chi connectivity index (χ0v) is 10.4. The average molecular weight is 231 g/mol. The van der Waals surface area contributed by atoms with Gasteiger partial charge in [-0.15, -0.1) is 0 Å². The van der Waals surface area contributed by atoms with Crippen LogP contribution in [0.15, 0.2) is 0 Å². The van der Waals surface area contributed by atoms with Crippen LogP contribution < -0.4 is 0 Å². The normalized spacial score (nSPS) is 26.1. The molecule has 0 aliphatic heterocycles. The monoisotopic (exact) mass is 231 g/mol. The number of nitrogens with zero attached hydrogens (tertiary/aromatic N) is 1. The van der Waals surface area contributed by atoms with E-state index in [1.165, 1.54) is 25.0 Å². The van der Waals surface area contributed by atoms with Crippen molar-refractivity contribution < 1.29 is 9.90 Å². The highest BCUT2D eigenvalue weighted by molar-refractivity contribution is 7.99. The molecule has 0 heterocycles. The van der Waals surface area contributed by atoms with Gasteiger partial charge >= 0.3 is 5.97 Å². The number of carboxylic acids is 1. The Hall–Kier alpha value is -0.220. The molecule has 1 saturated carbocycles. The summed E-state index contributed by atoms with van der Waals surface area (Å²) in [6, 6.07) is 0.605. The van der Waals surface area contributed by atoms with Crippen molar-refractivity contribution in [3.63, 3.8) is 0 Å². The number of aliphatic carboxylic acids is 1. The van der Waals surface area contributed by atoms with Gasteiger partial charge in [0.15, 0.2) is 0 Å². The maximum Gasteiger partial charge on any atom is 0.304 e. The van der Waals surface area contributed by atoms with Gasteiger partial charge in [-0.1, -0.05) is 6.92 Å². The molecule has 1 aliphatic rings. The van der Waals surface area contributed by atoms with Crippen molar-refractivity contribution in [2.45, 2.75) is 43.9 Å². The molecule has 15 heavy (non-hydrogen) atoms. The molecule has 0 spiro atoms. The van der Waals surface area contributed by atoms with Crippen LogP contribution in [0.4, 0.5) is 0 Å². The van der Waals surface area contributed by atoms with E-state index in [1.807, 2.05) is 18.8 Å². The molecule has 88 valence electrons. The summed E-state index contributed by atoms with van der Waals surface area (Å²) in [5.41, 5.74) is 0.